The molecule has 0 amide bonds. The highest BCUT2D eigenvalue weighted by molar-refractivity contribution is 5.82. The minimum atomic E-state index is 0.121. The Labute approximate surface area is 158 Å². The quantitative estimate of drug-likeness (QED) is 0.566. The maximum atomic E-state index is 5.88. The van der Waals surface area contributed by atoms with Gasteiger partial charge in [0.05, 0.1) is 0 Å². The van der Waals surface area contributed by atoms with E-state index < -0.39 is 0 Å². The van der Waals surface area contributed by atoms with Crippen LogP contribution in [-0.4, -0.2) is 19.5 Å². The zero-order valence-electron chi connectivity index (χ0n) is 16.1. The average Bonchev–Trinajstić information content (AvgIpc) is 3.06. The molecule has 0 fully saturated rings. The number of hydrogen-bond acceptors (Lipinski definition) is 4. The summed E-state index contributed by atoms with van der Waals surface area (Å²) in [6, 6.07) is 15.2. The summed E-state index contributed by atoms with van der Waals surface area (Å²) in [4.78, 5) is 12.7. The summed E-state index contributed by atoms with van der Waals surface area (Å²) in [6.07, 6.45) is 3.19. The minimum Gasteiger partial charge on any atom is -0.382 e. The van der Waals surface area contributed by atoms with E-state index in [-0.39, 0.29) is 5.41 Å². The molecule has 5 nitrogen and oxygen atoms in total. The van der Waals surface area contributed by atoms with E-state index in [0.717, 1.165) is 5.69 Å². The molecule has 27 heavy (non-hydrogen) atoms. The lowest BCUT2D eigenvalue weighted by molar-refractivity contribution is 0.590. The van der Waals surface area contributed by atoms with Crippen LogP contribution in [0.15, 0.2) is 55.1 Å². The molecule has 0 spiro atoms. The predicted octanol–water partition coefficient (Wildman–Crippen LogP) is 4.67. The van der Waals surface area contributed by atoms with E-state index in [0.29, 0.717) is 17.0 Å². The fourth-order valence-corrected chi connectivity index (χ4v) is 3.24. The summed E-state index contributed by atoms with van der Waals surface area (Å²) in [5.74, 6) is 0.393. The van der Waals surface area contributed by atoms with Gasteiger partial charge in [-0.15, -0.1) is 0 Å². The largest absolute Gasteiger partial charge is 0.382 e. The lowest BCUT2D eigenvalue weighted by Crippen LogP contribution is -2.11. The smallest absolute Gasteiger partial charge is 0.170 e. The number of nitrogens with two attached hydrogens (primary N) is 1. The molecule has 0 unspecified atom stereocenters. The van der Waals surface area contributed by atoms with Crippen molar-refractivity contribution >= 4 is 17.0 Å². The normalized spacial score (nSPS) is 11.9. The van der Waals surface area contributed by atoms with Gasteiger partial charge in [0.25, 0.3) is 0 Å². The number of anilines is 1. The maximum Gasteiger partial charge on any atom is 0.170 e. The Balaban J connectivity index is 1.75. The van der Waals surface area contributed by atoms with Gasteiger partial charge in [0.2, 0.25) is 0 Å². The zero-order valence-corrected chi connectivity index (χ0v) is 16.1. The lowest BCUT2D eigenvalue weighted by Gasteiger charge is -2.21. The van der Waals surface area contributed by atoms with Gasteiger partial charge in [0, 0.05) is 5.69 Å². The Morgan fingerprint density at radius 2 is 1.63 bits per heavy atom. The molecule has 136 valence electrons. The van der Waals surface area contributed by atoms with Gasteiger partial charge < -0.3 is 5.73 Å². The van der Waals surface area contributed by atoms with Crippen molar-refractivity contribution < 1.29 is 0 Å². The number of aryl methyl sites for hydroxylation is 1. The third kappa shape index (κ3) is 3.16. The second-order valence-corrected chi connectivity index (χ2v) is 7.93. The number of nitrogen functional groups attached to an aromatic ring is 1. The monoisotopic (exact) mass is 357 g/mol. The van der Waals surface area contributed by atoms with E-state index in [9.17, 15) is 0 Å². The summed E-state index contributed by atoms with van der Waals surface area (Å²) in [6.45, 7) is 8.87. The first kappa shape index (κ1) is 17.2. The maximum absolute atomic E-state index is 5.88. The molecule has 0 aliphatic rings. The summed E-state index contributed by atoms with van der Waals surface area (Å²) < 4.78 is 1.92. The number of fused-ring (bicyclic) bond motifs is 1. The molecule has 0 bridgehead atoms. The van der Waals surface area contributed by atoms with Crippen molar-refractivity contribution in [2.75, 3.05) is 5.73 Å². The predicted molar refractivity (Wildman–Crippen MR) is 110 cm³/mol. The van der Waals surface area contributed by atoms with Gasteiger partial charge >= 0.3 is 0 Å². The first-order valence-electron chi connectivity index (χ1n) is 8.99. The van der Waals surface area contributed by atoms with Gasteiger partial charge in [-0.3, -0.25) is 4.57 Å². The molecule has 0 atom stereocenters. The Hall–Kier alpha value is -3.21. The average molecular weight is 357 g/mol. The number of imidazole rings is 1. The van der Waals surface area contributed by atoms with E-state index in [1.54, 1.807) is 6.33 Å². The lowest BCUT2D eigenvalue weighted by atomic mass is 9.84. The van der Waals surface area contributed by atoms with Crippen LogP contribution in [0, 0.1) is 6.92 Å². The van der Waals surface area contributed by atoms with Crippen LogP contribution < -0.4 is 5.73 Å². The molecule has 0 radical (unpaired) electrons. The molecule has 2 aromatic heterocycles. The first-order chi connectivity index (χ1) is 12.8. The third-order valence-electron chi connectivity index (χ3n) is 4.78. The van der Waals surface area contributed by atoms with Gasteiger partial charge in [0.15, 0.2) is 17.0 Å². The van der Waals surface area contributed by atoms with Gasteiger partial charge in [-0.1, -0.05) is 56.7 Å². The van der Waals surface area contributed by atoms with E-state index in [2.05, 4.69) is 85.1 Å². The van der Waals surface area contributed by atoms with E-state index in [1.165, 1.54) is 28.6 Å². The second kappa shape index (κ2) is 6.20. The number of rotatable bonds is 2. The van der Waals surface area contributed by atoms with E-state index in [1.807, 2.05) is 4.57 Å². The van der Waals surface area contributed by atoms with Crippen molar-refractivity contribution in [2.45, 2.75) is 33.1 Å². The topological polar surface area (TPSA) is 69.6 Å². The Kier molecular flexibility index (Phi) is 3.95. The van der Waals surface area contributed by atoms with Crippen molar-refractivity contribution in [1.29, 1.82) is 0 Å². The summed E-state index contributed by atoms with van der Waals surface area (Å²) >= 11 is 0. The molecule has 2 aromatic carbocycles. The molecule has 0 aliphatic carbocycles. The number of nitrogens with zero attached hydrogens (tertiary/aromatic N) is 4. The SMILES string of the molecule is Cc1cc(-c2ccc(-n3cnc4c(N)ncnc43)cc2)cc(C(C)(C)C)c1. The highest BCUT2D eigenvalue weighted by Gasteiger charge is 2.15. The molecule has 2 heterocycles. The molecule has 4 aromatic rings. The minimum absolute atomic E-state index is 0.121. The molecule has 5 heteroatoms. The number of benzene rings is 2. The van der Waals surface area contributed by atoms with Crippen LogP contribution in [-0.2, 0) is 5.41 Å². The molecule has 0 aliphatic heterocycles. The van der Waals surface area contributed by atoms with Crippen molar-refractivity contribution in [3.8, 4) is 16.8 Å². The first-order valence-corrected chi connectivity index (χ1v) is 8.99. The molecular weight excluding hydrogens is 334 g/mol. The van der Waals surface area contributed by atoms with Crippen molar-refractivity contribution in [2.24, 2.45) is 0 Å². The fraction of sp³-hybridized carbons (Fsp3) is 0.227. The van der Waals surface area contributed by atoms with Crippen LogP contribution >= 0.6 is 0 Å². The van der Waals surface area contributed by atoms with Crippen molar-refractivity contribution in [3.63, 3.8) is 0 Å². The van der Waals surface area contributed by atoms with Gasteiger partial charge in [0.1, 0.15) is 12.7 Å². The number of aromatic nitrogens is 4. The molecule has 0 saturated carbocycles. The molecule has 2 N–H and O–H groups in total. The van der Waals surface area contributed by atoms with Gasteiger partial charge in [-0.25, -0.2) is 15.0 Å². The van der Waals surface area contributed by atoms with Gasteiger partial charge in [-0.05, 0) is 41.2 Å². The Morgan fingerprint density at radius 3 is 2.33 bits per heavy atom. The van der Waals surface area contributed by atoms with Crippen molar-refractivity contribution in [1.82, 2.24) is 19.5 Å². The highest BCUT2D eigenvalue weighted by atomic mass is 15.1. The summed E-state index contributed by atoms with van der Waals surface area (Å²) in [5.41, 5.74) is 13.4. The Bertz CT molecular complexity index is 1120. The van der Waals surface area contributed by atoms with Crippen LogP contribution in [0.5, 0.6) is 0 Å². The van der Waals surface area contributed by atoms with Crippen LogP contribution in [0.4, 0.5) is 5.82 Å². The molecule has 0 saturated heterocycles. The number of hydrogen-bond donors (Lipinski definition) is 1. The van der Waals surface area contributed by atoms with Crippen LogP contribution in [0.2, 0.25) is 0 Å². The highest BCUT2D eigenvalue weighted by Crippen LogP contribution is 2.30. The zero-order chi connectivity index (χ0) is 19.2. The Morgan fingerprint density at radius 1 is 0.889 bits per heavy atom. The summed E-state index contributed by atoms with van der Waals surface area (Å²) in [7, 11) is 0. The fourth-order valence-electron chi connectivity index (χ4n) is 3.24. The van der Waals surface area contributed by atoms with Crippen LogP contribution in [0.25, 0.3) is 28.0 Å². The van der Waals surface area contributed by atoms with Gasteiger partial charge in [-0.2, -0.15) is 0 Å². The van der Waals surface area contributed by atoms with Crippen LogP contribution in [0.3, 0.4) is 0 Å². The second-order valence-electron chi connectivity index (χ2n) is 7.93. The molecular formula is C22H23N5. The molecule has 4 rings (SSSR count). The van der Waals surface area contributed by atoms with Crippen molar-refractivity contribution in [3.05, 3.63) is 66.2 Å². The third-order valence-corrected chi connectivity index (χ3v) is 4.78. The standard InChI is InChI=1S/C22H23N5/c1-14-9-16(11-17(10-14)22(2,3)4)15-5-7-18(8-6-15)27-13-26-19-20(23)24-12-25-21(19)27/h5-13H,1-4H3,(H2,23,24,25). The van der Waals surface area contributed by atoms with Crippen LogP contribution in [0.1, 0.15) is 31.9 Å². The summed E-state index contributed by atoms with van der Waals surface area (Å²) in [5, 5.41) is 0. The van der Waals surface area contributed by atoms with E-state index in [4.69, 9.17) is 5.73 Å². The van der Waals surface area contributed by atoms with E-state index >= 15 is 0 Å².